The van der Waals surface area contributed by atoms with Gasteiger partial charge in [0, 0.05) is 38.6 Å². The highest BCUT2D eigenvalue weighted by molar-refractivity contribution is 5.74. The zero-order valence-corrected chi connectivity index (χ0v) is 15.7. The van der Waals surface area contributed by atoms with Gasteiger partial charge in [-0.25, -0.2) is 4.79 Å². The molecule has 1 aromatic heterocycles. The van der Waals surface area contributed by atoms with E-state index in [1.54, 1.807) is 6.33 Å². The standard InChI is InChI=1S/C18H32N6O/c1-15(23-10-4-3-5-11-23)6-9-19-18(25)24-12-7-16(8-13-24)17-21-20-14-22(17)2/h14-16H,3-13H2,1-2H3,(H,19,25)/t15-/m0/s1. The zero-order valence-electron chi connectivity index (χ0n) is 15.7. The van der Waals surface area contributed by atoms with Crippen LogP contribution in [-0.2, 0) is 7.05 Å². The Morgan fingerprint density at radius 1 is 1.24 bits per heavy atom. The van der Waals surface area contributed by atoms with Crippen LogP contribution in [0.3, 0.4) is 0 Å². The molecule has 7 nitrogen and oxygen atoms in total. The number of urea groups is 1. The molecule has 2 fully saturated rings. The number of hydrogen-bond donors (Lipinski definition) is 1. The van der Waals surface area contributed by atoms with Gasteiger partial charge in [-0.15, -0.1) is 10.2 Å². The molecule has 2 aliphatic heterocycles. The summed E-state index contributed by atoms with van der Waals surface area (Å²) in [6.45, 7) is 7.06. The van der Waals surface area contributed by atoms with Gasteiger partial charge in [0.05, 0.1) is 0 Å². The first-order valence-corrected chi connectivity index (χ1v) is 9.76. The van der Waals surface area contributed by atoms with Crippen molar-refractivity contribution in [2.75, 3.05) is 32.7 Å². The van der Waals surface area contributed by atoms with E-state index >= 15 is 0 Å². The average Bonchev–Trinajstić information content (AvgIpc) is 3.08. The first kappa shape index (κ1) is 18.2. The number of nitrogens with one attached hydrogen (secondary N) is 1. The normalized spacial score (nSPS) is 21.3. The fourth-order valence-electron chi connectivity index (χ4n) is 4.04. The number of likely N-dealkylation sites (tertiary alicyclic amines) is 2. The fraction of sp³-hybridized carbons (Fsp3) is 0.833. The van der Waals surface area contributed by atoms with Gasteiger partial charge in [-0.2, -0.15) is 0 Å². The molecule has 25 heavy (non-hydrogen) atoms. The Kier molecular flexibility index (Phi) is 6.29. The highest BCUT2D eigenvalue weighted by atomic mass is 16.2. The van der Waals surface area contributed by atoms with Crippen molar-refractivity contribution in [3.63, 3.8) is 0 Å². The van der Waals surface area contributed by atoms with Crippen molar-refractivity contribution in [1.29, 1.82) is 0 Å². The monoisotopic (exact) mass is 348 g/mol. The van der Waals surface area contributed by atoms with Crippen molar-refractivity contribution in [1.82, 2.24) is 29.9 Å². The summed E-state index contributed by atoms with van der Waals surface area (Å²) in [7, 11) is 1.98. The Morgan fingerprint density at radius 2 is 1.96 bits per heavy atom. The highest BCUT2D eigenvalue weighted by Crippen LogP contribution is 2.26. The molecule has 0 aromatic carbocycles. The first-order chi connectivity index (χ1) is 12.1. The zero-order chi connectivity index (χ0) is 17.6. The molecule has 0 bridgehead atoms. The third kappa shape index (κ3) is 4.71. The maximum atomic E-state index is 12.4. The number of aryl methyl sites for hydroxylation is 1. The van der Waals surface area contributed by atoms with Crippen molar-refractivity contribution in [2.45, 2.75) is 57.4 Å². The Balaban J connectivity index is 1.36. The van der Waals surface area contributed by atoms with Gasteiger partial charge >= 0.3 is 6.03 Å². The van der Waals surface area contributed by atoms with Crippen molar-refractivity contribution >= 4 is 6.03 Å². The Labute approximate surface area is 150 Å². The van der Waals surface area contributed by atoms with Crippen LogP contribution in [0.5, 0.6) is 0 Å². The first-order valence-electron chi connectivity index (χ1n) is 9.76. The number of piperidine rings is 2. The van der Waals surface area contributed by atoms with E-state index in [-0.39, 0.29) is 6.03 Å². The molecule has 0 saturated carbocycles. The van der Waals surface area contributed by atoms with E-state index < -0.39 is 0 Å². The molecular weight excluding hydrogens is 316 g/mol. The molecule has 140 valence electrons. The SMILES string of the molecule is C[C@@H](CCNC(=O)N1CCC(c2nncn2C)CC1)N1CCCCC1. The van der Waals surface area contributed by atoms with Crippen LogP contribution in [0.1, 0.15) is 57.2 Å². The van der Waals surface area contributed by atoms with Crippen LogP contribution < -0.4 is 5.32 Å². The lowest BCUT2D eigenvalue weighted by Gasteiger charge is -2.33. The second-order valence-corrected chi connectivity index (χ2v) is 7.53. The minimum atomic E-state index is 0.0854. The summed E-state index contributed by atoms with van der Waals surface area (Å²) in [6.07, 6.45) is 8.70. The predicted molar refractivity (Wildman–Crippen MR) is 97.5 cm³/mol. The van der Waals surface area contributed by atoms with Crippen LogP contribution in [0.2, 0.25) is 0 Å². The molecule has 1 N–H and O–H groups in total. The summed E-state index contributed by atoms with van der Waals surface area (Å²) in [4.78, 5) is 16.9. The van der Waals surface area contributed by atoms with Gasteiger partial charge in [0.25, 0.3) is 0 Å². The number of aromatic nitrogens is 3. The molecule has 0 unspecified atom stereocenters. The summed E-state index contributed by atoms with van der Waals surface area (Å²) in [5.41, 5.74) is 0. The molecule has 1 atom stereocenters. The van der Waals surface area contributed by atoms with Crippen LogP contribution in [0.25, 0.3) is 0 Å². The lowest BCUT2D eigenvalue weighted by Crippen LogP contribution is -2.46. The van der Waals surface area contributed by atoms with Gasteiger partial charge in [-0.1, -0.05) is 6.42 Å². The minimum Gasteiger partial charge on any atom is -0.338 e. The molecule has 1 aromatic rings. The van der Waals surface area contributed by atoms with E-state index in [2.05, 4.69) is 27.3 Å². The summed E-state index contributed by atoms with van der Waals surface area (Å²) in [6, 6.07) is 0.643. The number of rotatable bonds is 5. The molecule has 7 heteroatoms. The number of carbonyl (C=O) groups excluding carboxylic acids is 1. The topological polar surface area (TPSA) is 66.3 Å². The molecule has 3 rings (SSSR count). The van der Waals surface area contributed by atoms with E-state index in [1.807, 2.05) is 16.5 Å². The quantitative estimate of drug-likeness (QED) is 0.883. The fourth-order valence-corrected chi connectivity index (χ4v) is 4.04. The molecule has 2 saturated heterocycles. The van der Waals surface area contributed by atoms with E-state index in [1.165, 1.54) is 32.4 Å². The van der Waals surface area contributed by atoms with Gasteiger partial charge in [-0.3, -0.25) is 0 Å². The summed E-state index contributed by atoms with van der Waals surface area (Å²) in [5, 5.41) is 11.3. The van der Waals surface area contributed by atoms with Crippen LogP contribution in [0.4, 0.5) is 4.79 Å². The summed E-state index contributed by atoms with van der Waals surface area (Å²) < 4.78 is 1.99. The Hall–Kier alpha value is -1.63. The molecule has 2 aliphatic rings. The largest absolute Gasteiger partial charge is 0.338 e. The molecule has 0 spiro atoms. The van der Waals surface area contributed by atoms with E-state index in [0.717, 1.165) is 44.7 Å². The molecule has 0 aliphatic carbocycles. The number of nitrogens with zero attached hydrogens (tertiary/aromatic N) is 5. The van der Waals surface area contributed by atoms with E-state index in [0.29, 0.717) is 12.0 Å². The second-order valence-electron chi connectivity index (χ2n) is 7.53. The molecular formula is C18H32N6O. The summed E-state index contributed by atoms with van der Waals surface area (Å²) >= 11 is 0. The van der Waals surface area contributed by atoms with Gasteiger partial charge in [0.2, 0.25) is 0 Å². The smallest absolute Gasteiger partial charge is 0.317 e. The lowest BCUT2D eigenvalue weighted by molar-refractivity contribution is 0.161. The number of hydrogen-bond acceptors (Lipinski definition) is 4. The van der Waals surface area contributed by atoms with Crippen molar-refractivity contribution in [2.24, 2.45) is 7.05 Å². The Morgan fingerprint density at radius 3 is 2.60 bits per heavy atom. The van der Waals surface area contributed by atoms with Crippen molar-refractivity contribution in [3.05, 3.63) is 12.2 Å². The maximum Gasteiger partial charge on any atom is 0.317 e. The number of carbonyl (C=O) groups is 1. The van der Waals surface area contributed by atoms with Gasteiger partial charge in [-0.05, 0) is 52.1 Å². The molecule has 2 amide bonds. The van der Waals surface area contributed by atoms with Gasteiger partial charge in [0.15, 0.2) is 0 Å². The van der Waals surface area contributed by atoms with Crippen molar-refractivity contribution in [3.8, 4) is 0 Å². The van der Waals surface area contributed by atoms with E-state index in [4.69, 9.17) is 0 Å². The van der Waals surface area contributed by atoms with Crippen LogP contribution in [0.15, 0.2) is 6.33 Å². The minimum absolute atomic E-state index is 0.0854. The summed E-state index contributed by atoms with van der Waals surface area (Å²) in [5.74, 6) is 1.45. The van der Waals surface area contributed by atoms with Crippen LogP contribution in [-0.4, -0.2) is 69.4 Å². The van der Waals surface area contributed by atoms with E-state index in [9.17, 15) is 4.79 Å². The average molecular weight is 348 g/mol. The van der Waals surface area contributed by atoms with Crippen molar-refractivity contribution < 1.29 is 4.79 Å². The second kappa shape index (κ2) is 8.65. The maximum absolute atomic E-state index is 12.4. The number of amides is 2. The highest BCUT2D eigenvalue weighted by Gasteiger charge is 2.26. The molecule has 0 radical (unpaired) electrons. The van der Waals surface area contributed by atoms with Crippen LogP contribution >= 0.6 is 0 Å². The lowest BCUT2D eigenvalue weighted by atomic mass is 9.96. The third-order valence-electron chi connectivity index (χ3n) is 5.75. The third-order valence-corrected chi connectivity index (χ3v) is 5.75. The Bertz CT molecular complexity index is 546. The van der Waals surface area contributed by atoms with Gasteiger partial charge < -0.3 is 19.7 Å². The van der Waals surface area contributed by atoms with Crippen LogP contribution in [0, 0.1) is 0 Å². The van der Waals surface area contributed by atoms with Gasteiger partial charge in [0.1, 0.15) is 12.2 Å². The molecule has 3 heterocycles. The predicted octanol–water partition coefficient (Wildman–Crippen LogP) is 1.97.